The van der Waals surface area contributed by atoms with Crippen molar-refractivity contribution in [2.24, 2.45) is 5.92 Å². The Kier molecular flexibility index (Phi) is 3.92. The molecule has 4 heteroatoms. The lowest BCUT2D eigenvalue weighted by Gasteiger charge is -2.13. The van der Waals surface area contributed by atoms with Crippen LogP contribution >= 0.6 is 11.6 Å². The standard InChI is InChI=1S/C14H18ClN3/c1-10(2)9-17-14-16-6-7-18(14)13-8-11(3)4-5-12(13)15/h4-8,10H,9H2,1-3H3,(H,16,17). The van der Waals surface area contributed by atoms with E-state index in [0.29, 0.717) is 5.92 Å². The van der Waals surface area contributed by atoms with Crippen molar-refractivity contribution < 1.29 is 0 Å². The highest BCUT2D eigenvalue weighted by Gasteiger charge is 2.08. The van der Waals surface area contributed by atoms with E-state index in [1.165, 1.54) is 5.56 Å². The summed E-state index contributed by atoms with van der Waals surface area (Å²) >= 11 is 6.25. The molecule has 1 N–H and O–H groups in total. The molecule has 1 heterocycles. The van der Waals surface area contributed by atoms with Crippen molar-refractivity contribution in [2.75, 3.05) is 11.9 Å². The van der Waals surface area contributed by atoms with E-state index in [-0.39, 0.29) is 0 Å². The molecule has 0 aliphatic rings. The first-order valence-electron chi connectivity index (χ1n) is 6.11. The minimum Gasteiger partial charge on any atom is -0.355 e. The molecule has 2 aromatic rings. The van der Waals surface area contributed by atoms with Gasteiger partial charge < -0.3 is 5.32 Å². The van der Waals surface area contributed by atoms with Crippen LogP contribution in [0.15, 0.2) is 30.6 Å². The van der Waals surface area contributed by atoms with Gasteiger partial charge >= 0.3 is 0 Å². The zero-order valence-corrected chi connectivity index (χ0v) is 11.7. The zero-order chi connectivity index (χ0) is 13.1. The van der Waals surface area contributed by atoms with E-state index in [9.17, 15) is 0 Å². The van der Waals surface area contributed by atoms with E-state index in [1.54, 1.807) is 6.20 Å². The normalized spacial score (nSPS) is 10.9. The summed E-state index contributed by atoms with van der Waals surface area (Å²) < 4.78 is 1.98. The summed E-state index contributed by atoms with van der Waals surface area (Å²) in [5, 5.41) is 4.06. The lowest BCUT2D eigenvalue weighted by Crippen LogP contribution is -2.12. The lowest BCUT2D eigenvalue weighted by atomic mass is 10.2. The van der Waals surface area contributed by atoms with Gasteiger partial charge in [-0.05, 0) is 30.5 Å². The lowest BCUT2D eigenvalue weighted by molar-refractivity contribution is 0.683. The number of hydrogen-bond donors (Lipinski definition) is 1. The maximum Gasteiger partial charge on any atom is 0.207 e. The molecule has 0 fully saturated rings. The van der Waals surface area contributed by atoms with Gasteiger partial charge in [-0.25, -0.2) is 4.98 Å². The summed E-state index contributed by atoms with van der Waals surface area (Å²) in [5.74, 6) is 1.40. The summed E-state index contributed by atoms with van der Waals surface area (Å²) in [6.07, 6.45) is 3.70. The first-order chi connectivity index (χ1) is 8.58. The molecule has 3 nitrogen and oxygen atoms in total. The molecule has 0 saturated carbocycles. The molecule has 1 aromatic heterocycles. The largest absolute Gasteiger partial charge is 0.355 e. The van der Waals surface area contributed by atoms with Gasteiger partial charge in [0.2, 0.25) is 5.95 Å². The summed E-state index contributed by atoms with van der Waals surface area (Å²) in [6.45, 7) is 7.28. The molecule has 0 atom stereocenters. The van der Waals surface area contributed by atoms with Gasteiger partial charge in [0, 0.05) is 18.9 Å². The summed E-state index contributed by atoms with van der Waals surface area (Å²) in [5.41, 5.74) is 2.14. The molecule has 0 aliphatic heterocycles. The van der Waals surface area contributed by atoms with Crippen LogP contribution in [0.1, 0.15) is 19.4 Å². The van der Waals surface area contributed by atoms with Crippen LogP contribution in [0.2, 0.25) is 5.02 Å². The third-order valence-electron chi connectivity index (χ3n) is 2.67. The van der Waals surface area contributed by atoms with Crippen LogP contribution in [-0.4, -0.2) is 16.1 Å². The van der Waals surface area contributed by atoms with Gasteiger partial charge in [-0.1, -0.05) is 31.5 Å². The van der Waals surface area contributed by atoms with E-state index < -0.39 is 0 Å². The molecule has 0 bridgehead atoms. The molecule has 0 spiro atoms. The second-order valence-electron chi connectivity index (χ2n) is 4.85. The number of anilines is 1. The average Bonchev–Trinajstić information content (AvgIpc) is 2.77. The molecule has 0 amide bonds. The topological polar surface area (TPSA) is 29.9 Å². The number of benzene rings is 1. The molecule has 0 unspecified atom stereocenters. The van der Waals surface area contributed by atoms with Gasteiger partial charge in [-0.3, -0.25) is 4.57 Å². The quantitative estimate of drug-likeness (QED) is 0.907. The highest BCUT2D eigenvalue weighted by atomic mass is 35.5. The highest BCUT2D eigenvalue weighted by molar-refractivity contribution is 6.32. The summed E-state index contributed by atoms with van der Waals surface area (Å²) in [4.78, 5) is 4.33. The number of halogens is 1. The molecule has 1 aromatic carbocycles. The van der Waals surface area contributed by atoms with Gasteiger partial charge in [0.05, 0.1) is 10.7 Å². The van der Waals surface area contributed by atoms with E-state index in [2.05, 4.69) is 37.1 Å². The molecule has 0 aliphatic carbocycles. The summed E-state index contributed by atoms with van der Waals surface area (Å²) in [6, 6.07) is 5.98. The van der Waals surface area contributed by atoms with Crippen molar-refractivity contribution in [3.8, 4) is 5.69 Å². The van der Waals surface area contributed by atoms with Crippen LogP contribution in [0, 0.1) is 12.8 Å². The zero-order valence-electron chi connectivity index (χ0n) is 10.9. The van der Waals surface area contributed by atoms with Crippen LogP contribution in [-0.2, 0) is 0 Å². The smallest absolute Gasteiger partial charge is 0.207 e. The fourth-order valence-electron chi connectivity index (χ4n) is 1.73. The van der Waals surface area contributed by atoms with Gasteiger partial charge in [0.15, 0.2) is 0 Å². The highest BCUT2D eigenvalue weighted by Crippen LogP contribution is 2.24. The van der Waals surface area contributed by atoms with Gasteiger partial charge in [-0.2, -0.15) is 0 Å². The molecular formula is C14H18ClN3. The van der Waals surface area contributed by atoms with E-state index in [4.69, 9.17) is 11.6 Å². The molecular weight excluding hydrogens is 246 g/mol. The average molecular weight is 264 g/mol. The molecule has 96 valence electrons. The third-order valence-corrected chi connectivity index (χ3v) is 2.99. The van der Waals surface area contributed by atoms with Crippen molar-refractivity contribution in [1.29, 1.82) is 0 Å². The van der Waals surface area contributed by atoms with E-state index in [0.717, 1.165) is 23.2 Å². The van der Waals surface area contributed by atoms with Crippen LogP contribution < -0.4 is 5.32 Å². The summed E-state index contributed by atoms with van der Waals surface area (Å²) in [7, 11) is 0. The number of nitrogens with one attached hydrogen (secondary N) is 1. The molecule has 2 rings (SSSR count). The van der Waals surface area contributed by atoms with Crippen molar-refractivity contribution in [3.63, 3.8) is 0 Å². The molecule has 18 heavy (non-hydrogen) atoms. The maximum atomic E-state index is 6.25. The third kappa shape index (κ3) is 2.85. The molecule has 0 radical (unpaired) electrons. The van der Waals surface area contributed by atoms with Gasteiger partial charge in [0.25, 0.3) is 0 Å². The number of rotatable bonds is 4. The Morgan fingerprint density at radius 1 is 1.39 bits per heavy atom. The first kappa shape index (κ1) is 13.0. The number of aromatic nitrogens is 2. The second kappa shape index (κ2) is 5.44. The second-order valence-corrected chi connectivity index (χ2v) is 5.26. The Bertz CT molecular complexity index is 532. The maximum absolute atomic E-state index is 6.25. The monoisotopic (exact) mass is 263 g/mol. The Morgan fingerprint density at radius 2 is 2.17 bits per heavy atom. The Morgan fingerprint density at radius 3 is 2.89 bits per heavy atom. The Balaban J connectivity index is 2.33. The van der Waals surface area contributed by atoms with Crippen molar-refractivity contribution >= 4 is 17.5 Å². The first-order valence-corrected chi connectivity index (χ1v) is 6.49. The van der Waals surface area contributed by atoms with E-state index in [1.807, 2.05) is 22.9 Å². The Hall–Kier alpha value is -1.48. The van der Waals surface area contributed by atoms with Gasteiger partial charge in [0.1, 0.15) is 0 Å². The number of nitrogens with zero attached hydrogens (tertiary/aromatic N) is 2. The minimum atomic E-state index is 0.572. The van der Waals surface area contributed by atoms with Crippen LogP contribution in [0.5, 0.6) is 0 Å². The number of hydrogen-bond acceptors (Lipinski definition) is 2. The van der Waals surface area contributed by atoms with Crippen LogP contribution in [0.4, 0.5) is 5.95 Å². The predicted molar refractivity (Wildman–Crippen MR) is 76.6 cm³/mol. The van der Waals surface area contributed by atoms with Gasteiger partial charge in [-0.15, -0.1) is 0 Å². The fourth-order valence-corrected chi connectivity index (χ4v) is 1.94. The van der Waals surface area contributed by atoms with Crippen LogP contribution in [0.3, 0.4) is 0 Å². The van der Waals surface area contributed by atoms with Crippen LogP contribution in [0.25, 0.3) is 5.69 Å². The van der Waals surface area contributed by atoms with Crippen molar-refractivity contribution in [3.05, 3.63) is 41.2 Å². The molecule has 0 saturated heterocycles. The SMILES string of the molecule is Cc1ccc(Cl)c(-n2ccnc2NCC(C)C)c1. The number of aryl methyl sites for hydroxylation is 1. The minimum absolute atomic E-state index is 0.572. The predicted octanol–water partition coefficient (Wildman–Crippen LogP) is 3.90. The van der Waals surface area contributed by atoms with Crippen molar-refractivity contribution in [1.82, 2.24) is 9.55 Å². The van der Waals surface area contributed by atoms with E-state index >= 15 is 0 Å². The fraction of sp³-hybridized carbons (Fsp3) is 0.357. The Labute approximate surface area is 113 Å². The van der Waals surface area contributed by atoms with Crippen molar-refractivity contribution in [2.45, 2.75) is 20.8 Å². The number of imidazole rings is 1.